The van der Waals surface area contributed by atoms with E-state index in [0.29, 0.717) is 4.88 Å². The number of amides is 3. The Hall–Kier alpha value is -3.34. The second kappa shape index (κ2) is 11.8. The Kier molecular flexibility index (Phi) is 8.68. The van der Waals surface area contributed by atoms with Crippen molar-refractivity contribution in [1.29, 1.82) is 0 Å². The lowest BCUT2D eigenvalue weighted by Gasteiger charge is -2.26. The van der Waals surface area contributed by atoms with Gasteiger partial charge in [-0.3, -0.25) is 14.4 Å². The third-order valence-electron chi connectivity index (χ3n) is 6.57. The van der Waals surface area contributed by atoms with Crippen LogP contribution in [0.5, 0.6) is 0 Å². The molecule has 16 heteroatoms. The Labute approximate surface area is 231 Å². The third-order valence-corrected chi connectivity index (χ3v) is 10.4. The molecule has 0 bridgehead atoms. The zero-order valence-corrected chi connectivity index (χ0v) is 22.8. The molecule has 4 rings (SSSR count). The molecule has 0 saturated carbocycles. The molecule has 2 saturated heterocycles. The summed E-state index contributed by atoms with van der Waals surface area (Å²) in [5.41, 5.74) is 0. The first-order valence-electron chi connectivity index (χ1n) is 11.9. The zero-order valence-electron chi connectivity index (χ0n) is 20.4. The number of carbonyl (C=O) groups excluding carboxylic acids is 3. The predicted molar refractivity (Wildman–Crippen MR) is 139 cm³/mol. The van der Waals surface area contributed by atoms with Crippen molar-refractivity contribution >= 4 is 62.4 Å². The molecule has 0 aliphatic carbocycles. The van der Waals surface area contributed by atoms with Crippen LogP contribution in [-0.4, -0.2) is 95.3 Å². The minimum atomic E-state index is -3.89. The van der Waals surface area contributed by atoms with Gasteiger partial charge in [0.05, 0.1) is 10.9 Å². The largest absolute Gasteiger partial charge is 0.480 e. The van der Waals surface area contributed by atoms with Crippen LogP contribution in [-0.2, 0) is 29.2 Å². The number of carboxylic acid groups (broad SMARTS) is 2. The van der Waals surface area contributed by atoms with Crippen LogP contribution < -0.4 is 10.0 Å². The van der Waals surface area contributed by atoms with E-state index in [1.54, 1.807) is 29.0 Å². The summed E-state index contributed by atoms with van der Waals surface area (Å²) in [6.45, 7) is -0.125. The molecule has 0 radical (unpaired) electrons. The Morgan fingerprint density at radius 2 is 1.62 bits per heavy atom. The van der Waals surface area contributed by atoms with Crippen LogP contribution in [0.1, 0.15) is 35.4 Å². The highest BCUT2D eigenvalue weighted by Gasteiger charge is 2.44. The number of hydrogen-bond donors (Lipinski definition) is 4. The summed E-state index contributed by atoms with van der Waals surface area (Å²) >= 11 is 2.20. The highest BCUT2D eigenvalue weighted by atomic mass is 32.2. The molecule has 13 nitrogen and oxygen atoms in total. The summed E-state index contributed by atoms with van der Waals surface area (Å²) in [6.07, 6.45) is -0.684. The van der Waals surface area contributed by atoms with Crippen LogP contribution in [0.3, 0.4) is 0 Å². The first kappa shape index (κ1) is 28.7. The van der Waals surface area contributed by atoms with Crippen LogP contribution in [0.15, 0.2) is 39.2 Å². The van der Waals surface area contributed by atoms with Crippen molar-refractivity contribution in [3.05, 3.63) is 39.9 Å². The summed E-state index contributed by atoms with van der Waals surface area (Å²) in [5.74, 6) is -4.33. The molecule has 2 aliphatic heterocycles. The lowest BCUT2D eigenvalue weighted by molar-refractivity contribution is -0.150. The number of thiophene rings is 2. The summed E-state index contributed by atoms with van der Waals surface area (Å²) in [4.78, 5) is 64.5. The molecule has 39 heavy (non-hydrogen) atoms. The summed E-state index contributed by atoms with van der Waals surface area (Å²) in [7, 11) is -3.89. The number of rotatable bonds is 10. The monoisotopic (exact) mass is 598 g/mol. The summed E-state index contributed by atoms with van der Waals surface area (Å²) in [6, 6.07) is 2.02. The average Bonchev–Trinajstić information content (AvgIpc) is 3.67. The first-order chi connectivity index (χ1) is 18.5. The van der Waals surface area contributed by atoms with Gasteiger partial charge in [0.2, 0.25) is 21.8 Å². The number of carbonyl (C=O) groups is 5. The molecule has 4 N–H and O–H groups in total. The number of likely N-dealkylation sites (tertiary alicyclic amines) is 2. The third kappa shape index (κ3) is 6.46. The van der Waals surface area contributed by atoms with Crippen LogP contribution >= 0.6 is 22.7 Å². The Bertz CT molecular complexity index is 1340. The molecule has 0 aromatic carbocycles. The highest BCUT2D eigenvalue weighted by molar-refractivity contribution is 7.91. The quantitative estimate of drug-likeness (QED) is 0.300. The van der Waals surface area contributed by atoms with Gasteiger partial charge in [0.25, 0.3) is 5.91 Å². The van der Waals surface area contributed by atoms with E-state index >= 15 is 0 Å². The van der Waals surface area contributed by atoms with Gasteiger partial charge in [0, 0.05) is 32.0 Å². The van der Waals surface area contributed by atoms with Gasteiger partial charge in [-0.1, -0.05) is 12.1 Å². The summed E-state index contributed by atoms with van der Waals surface area (Å²) < 4.78 is 27.6. The molecular weight excluding hydrogens is 572 g/mol. The number of hydrogen-bond acceptors (Lipinski definition) is 9. The fraction of sp³-hybridized carbons (Fsp3) is 0.435. The molecule has 0 spiro atoms. The zero-order chi connectivity index (χ0) is 28.3. The number of aliphatic carboxylic acids is 2. The van der Waals surface area contributed by atoms with Gasteiger partial charge in [-0.15, -0.1) is 22.7 Å². The highest BCUT2D eigenvalue weighted by Crippen LogP contribution is 2.25. The number of carboxylic acids is 2. The van der Waals surface area contributed by atoms with E-state index in [2.05, 4.69) is 10.0 Å². The Morgan fingerprint density at radius 3 is 2.21 bits per heavy atom. The molecular formula is C23H26N4O9S3. The molecule has 4 unspecified atom stereocenters. The average molecular weight is 599 g/mol. The maximum Gasteiger partial charge on any atom is 0.328 e. The maximum absolute atomic E-state index is 12.9. The maximum atomic E-state index is 12.9. The molecule has 2 fully saturated rings. The minimum absolute atomic E-state index is 0.0629. The number of nitrogens with one attached hydrogen (secondary N) is 2. The normalized spacial score (nSPS) is 23.1. The van der Waals surface area contributed by atoms with E-state index < -0.39 is 63.9 Å². The van der Waals surface area contributed by atoms with Gasteiger partial charge < -0.3 is 25.3 Å². The smallest absolute Gasteiger partial charge is 0.328 e. The molecule has 3 amide bonds. The van der Waals surface area contributed by atoms with E-state index in [1.165, 1.54) is 17.4 Å². The van der Waals surface area contributed by atoms with E-state index in [1.807, 2.05) is 0 Å². The van der Waals surface area contributed by atoms with Crippen LogP contribution in [0.25, 0.3) is 0 Å². The van der Waals surface area contributed by atoms with Crippen LogP contribution in [0.2, 0.25) is 0 Å². The topological polar surface area (TPSA) is 190 Å². The SMILES string of the molecule is O=C(NC1CCN(C(=O)CCC(=O)N2CC(NS(=O)(=O)c3cccs3)CC2C(=O)O)C1C(=O)O)c1cccs1. The van der Waals surface area contributed by atoms with E-state index in [4.69, 9.17) is 0 Å². The molecule has 4 heterocycles. The first-order valence-corrected chi connectivity index (χ1v) is 15.2. The summed E-state index contributed by atoms with van der Waals surface area (Å²) in [5, 5.41) is 25.3. The van der Waals surface area contributed by atoms with Crippen molar-refractivity contribution in [3.63, 3.8) is 0 Å². The van der Waals surface area contributed by atoms with Gasteiger partial charge >= 0.3 is 11.9 Å². The second-order valence-electron chi connectivity index (χ2n) is 9.10. The van der Waals surface area contributed by atoms with Crippen molar-refractivity contribution in [3.8, 4) is 0 Å². The van der Waals surface area contributed by atoms with Gasteiger partial charge in [-0.05, 0) is 35.7 Å². The standard InChI is InChI=1S/C23H26N4O9S3/c28-17(26-8-7-14(20(26)23(33)34)24-21(30)16-3-1-9-37-16)5-6-18(29)27-12-13(11-15(27)22(31)32)25-39(35,36)19-4-2-10-38-19/h1-4,9-10,13-15,20,25H,5-8,11-12H2,(H,24,30)(H,31,32)(H,33,34). The molecule has 2 aromatic rings. The molecule has 210 valence electrons. The fourth-order valence-corrected chi connectivity index (χ4v) is 7.68. The second-order valence-corrected chi connectivity index (χ2v) is 12.9. The fourth-order valence-electron chi connectivity index (χ4n) is 4.80. The number of sulfonamides is 1. The van der Waals surface area contributed by atoms with E-state index in [9.17, 15) is 42.6 Å². The van der Waals surface area contributed by atoms with Crippen LogP contribution in [0.4, 0.5) is 0 Å². The molecule has 2 aliphatic rings. The predicted octanol–water partition coefficient (Wildman–Crippen LogP) is 0.406. The minimum Gasteiger partial charge on any atom is -0.480 e. The molecule has 4 atom stereocenters. The van der Waals surface area contributed by atoms with Gasteiger partial charge in [0.1, 0.15) is 16.3 Å². The Morgan fingerprint density at radius 1 is 0.949 bits per heavy atom. The van der Waals surface area contributed by atoms with E-state index in [-0.39, 0.29) is 43.0 Å². The Balaban J connectivity index is 1.35. The van der Waals surface area contributed by atoms with Crippen molar-refractivity contribution in [2.75, 3.05) is 13.1 Å². The van der Waals surface area contributed by atoms with Crippen molar-refractivity contribution < 1.29 is 42.6 Å². The van der Waals surface area contributed by atoms with E-state index in [0.717, 1.165) is 21.1 Å². The van der Waals surface area contributed by atoms with Gasteiger partial charge in [0.15, 0.2) is 0 Å². The van der Waals surface area contributed by atoms with Gasteiger partial charge in [-0.25, -0.2) is 22.7 Å². The van der Waals surface area contributed by atoms with Crippen molar-refractivity contribution in [2.45, 2.75) is 54.1 Å². The lowest BCUT2D eigenvalue weighted by Crippen LogP contribution is -2.51. The van der Waals surface area contributed by atoms with Crippen molar-refractivity contribution in [2.24, 2.45) is 0 Å². The van der Waals surface area contributed by atoms with Crippen LogP contribution in [0, 0.1) is 0 Å². The lowest BCUT2D eigenvalue weighted by atomic mass is 10.1. The van der Waals surface area contributed by atoms with Gasteiger partial charge in [-0.2, -0.15) is 0 Å². The number of nitrogens with zero attached hydrogens (tertiary/aromatic N) is 2. The van der Waals surface area contributed by atoms with Crippen molar-refractivity contribution in [1.82, 2.24) is 19.8 Å². The molecule has 2 aromatic heterocycles.